The Morgan fingerprint density at radius 3 is 3.25 bits per heavy atom. The maximum absolute atomic E-state index is 11.3. The summed E-state index contributed by atoms with van der Waals surface area (Å²) in [5.74, 6) is 0. The van der Waals surface area contributed by atoms with Crippen molar-refractivity contribution in [1.29, 1.82) is 0 Å². The van der Waals surface area contributed by atoms with Crippen LogP contribution in [0.1, 0.15) is 19.3 Å². The summed E-state index contributed by atoms with van der Waals surface area (Å²) in [7, 11) is 0. The number of hydrogen-bond donors (Lipinski definition) is 2. The van der Waals surface area contributed by atoms with E-state index < -0.39 is 0 Å². The maximum Gasteiger partial charge on any atom is 0.317 e. The lowest BCUT2D eigenvalue weighted by Gasteiger charge is -2.34. The quantitative estimate of drug-likeness (QED) is 0.578. The van der Waals surface area contributed by atoms with Gasteiger partial charge in [0.1, 0.15) is 0 Å². The van der Waals surface area contributed by atoms with Gasteiger partial charge in [0.15, 0.2) is 0 Å². The first-order chi connectivity index (χ1) is 5.81. The molecule has 0 unspecified atom stereocenters. The fraction of sp³-hybridized carbons (Fsp3) is 0.875. The molecule has 12 heavy (non-hydrogen) atoms. The second-order valence-electron chi connectivity index (χ2n) is 3.55. The zero-order valence-corrected chi connectivity index (χ0v) is 6.99. The van der Waals surface area contributed by atoms with Gasteiger partial charge in [-0.3, -0.25) is 0 Å². The molecule has 0 aromatic rings. The van der Waals surface area contributed by atoms with Crippen molar-refractivity contribution in [2.24, 2.45) is 0 Å². The monoisotopic (exact) mass is 170 g/mol. The molecule has 0 aromatic heterocycles. The number of aliphatic hydroxyl groups is 1. The van der Waals surface area contributed by atoms with E-state index in [2.05, 4.69) is 5.32 Å². The highest BCUT2D eigenvalue weighted by Gasteiger charge is 2.35. The summed E-state index contributed by atoms with van der Waals surface area (Å²) in [4.78, 5) is 13.2. The summed E-state index contributed by atoms with van der Waals surface area (Å²) in [6.07, 6.45) is 3.11. The highest BCUT2D eigenvalue weighted by Crippen LogP contribution is 2.24. The topological polar surface area (TPSA) is 52.6 Å². The zero-order valence-electron chi connectivity index (χ0n) is 6.99. The Kier molecular flexibility index (Phi) is 1.92. The number of nitrogens with one attached hydrogen (secondary N) is 1. The predicted molar refractivity (Wildman–Crippen MR) is 43.8 cm³/mol. The van der Waals surface area contributed by atoms with Gasteiger partial charge in [-0.2, -0.15) is 0 Å². The highest BCUT2D eigenvalue weighted by molar-refractivity contribution is 5.76. The van der Waals surface area contributed by atoms with Crippen LogP contribution in [-0.4, -0.2) is 41.3 Å². The second-order valence-corrected chi connectivity index (χ2v) is 3.55. The van der Waals surface area contributed by atoms with Crippen molar-refractivity contribution in [2.45, 2.75) is 31.3 Å². The van der Waals surface area contributed by atoms with Crippen LogP contribution in [0.4, 0.5) is 4.79 Å². The third-order valence-electron chi connectivity index (χ3n) is 2.74. The van der Waals surface area contributed by atoms with Crippen LogP contribution in [0, 0.1) is 0 Å². The van der Waals surface area contributed by atoms with Crippen molar-refractivity contribution in [1.82, 2.24) is 10.2 Å². The molecule has 0 radical (unpaired) electrons. The average molecular weight is 170 g/mol. The van der Waals surface area contributed by atoms with Crippen LogP contribution >= 0.6 is 0 Å². The van der Waals surface area contributed by atoms with Gasteiger partial charge in [0.05, 0.1) is 12.6 Å². The molecular weight excluding hydrogens is 156 g/mol. The molecule has 2 N–H and O–H groups in total. The largest absolute Gasteiger partial charge is 0.394 e. The van der Waals surface area contributed by atoms with Gasteiger partial charge >= 0.3 is 6.03 Å². The number of fused-ring (bicyclic) bond motifs is 1. The molecule has 68 valence electrons. The smallest absolute Gasteiger partial charge is 0.317 e. The first-order valence-electron chi connectivity index (χ1n) is 4.49. The van der Waals surface area contributed by atoms with Gasteiger partial charge in [-0.1, -0.05) is 0 Å². The van der Waals surface area contributed by atoms with E-state index in [1.54, 1.807) is 0 Å². The molecule has 2 amide bonds. The molecule has 0 spiro atoms. The molecule has 4 heteroatoms. The molecule has 2 atom stereocenters. The number of urea groups is 1. The second kappa shape index (κ2) is 2.94. The normalized spacial score (nSPS) is 34.8. The lowest BCUT2D eigenvalue weighted by atomic mass is 10.0. The van der Waals surface area contributed by atoms with Crippen LogP contribution in [0.3, 0.4) is 0 Å². The molecule has 4 nitrogen and oxygen atoms in total. The summed E-state index contributed by atoms with van der Waals surface area (Å²) >= 11 is 0. The third kappa shape index (κ3) is 1.16. The van der Waals surface area contributed by atoms with Gasteiger partial charge in [-0.05, 0) is 19.3 Å². The molecule has 2 heterocycles. The minimum Gasteiger partial charge on any atom is -0.394 e. The van der Waals surface area contributed by atoms with E-state index in [1.165, 1.54) is 0 Å². The summed E-state index contributed by atoms with van der Waals surface area (Å²) < 4.78 is 0. The van der Waals surface area contributed by atoms with Gasteiger partial charge in [0.2, 0.25) is 0 Å². The minimum absolute atomic E-state index is 0.00259. The molecular formula is C8H14N2O2. The van der Waals surface area contributed by atoms with Crippen LogP contribution in [-0.2, 0) is 0 Å². The number of amides is 2. The number of aliphatic hydroxyl groups excluding tert-OH is 1. The summed E-state index contributed by atoms with van der Waals surface area (Å²) in [5, 5.41) is 11.7. The van der Waals surface area contributed by atoms with Gasteiger partial charge in [-0.25, -0.2) is 4.79 Å². The predicted octanol–water partition coefficient (Wildman–Crippen LogP) is -0.0750. The first kappa shape index (κ1) is 7.86. The molecule has 2 fully saturated rings. The average Bonchev–Trinajstić information content (AvgIpc) is 2.52. The number of hydrogen-bond acceptors (Lipinski definition) is 2. The van der Waals surface area contributed by atoms with Crippen LogP contribution in [0.25, 0.3) is 0 Å². The van der Waals surface area contributed by atoms with E-state index in [4.69, 9.17) is 5.11 Å². The van der Waals surface area contributed by atoms with Gasteiger partial charge in [-0.15, -0.1) is 0 Å². The molecule has 0 saturated carbocycles. The van der Waals surface area contributed by atoms with Crippen molar-refractivity contribution < 1.29 is 9.90 Å². The Bertz CT molecular complexity index is 195. The molecule has 0 bridgehead atoms. The SMILES string of the molecule is O=C1N[C@H](CO)C[C@@H]2CCCN12. The van der Waals surface area contributed by atoms with Crippen molar-refractivity contribution in [3.05, 3.63) is 0 Å². The van der Waals surface area contributed by atoms with Crippen LogP contribution < -0.4 is 5.32 Å². The third-order valence-corrected chi connectivity index (χ3v) is 2.74. The number of carbonyl (C=O) groups is 1. The summed E-state index contributed by atoms with van der Waals surface area (Å²) in [5.41, 5.74) is 0. The van der Waals surface area contributed by atoms with Crippen LogP contribution in [0.5, 0.6) is 0 Å². The maximum atomic E-state index is 11.3. The van der Waals surface area contributed by atoms with Crippen molar-refractivity contribution in [2.75, 3.05) is 13.2 Å². The molecule has 0 aliphatic carbocycles. The van der Waals surface area contributed by atoms with Gasteiger partial charge in [0, 0.05) is 12.6 Å². The van der Waals surface area contributed by atoms with Crippen LogP contribution in [0.15, 0.2) is 0 Å². The van der Waals surface area contributed by atoms with Crippen LogP contribution in [0.2, 0.25) is 0 Å². The van der Waals surface area contributed by atoms with Crippen molar-refractivity contribution >= 4 is 6.03 Å². The lowest BCUT2D eigenvalue weighted by Crippen LogP contribution is -2.55. The van der Waals surface area contributed by atoms with Crippen molar-refractivity contribution in [3.8, 4) is 0 Å². The minimum atomic E-state index is -0.0168. The standard InChI is InChI=1S/C8H14N2O2/c11-5-6-4-7-2-1-3-10(7)8(12)9-6/h6-7,11H,1-5H2,(H,9,12)/t6-,7-/m0/s1. The van der Waals surface area contributed by atoms with E-state index in [0.29, 0.717) is 6.04 Å². The Hall–Kier alpha value is -0.770. The lowest BCUT2D eigenvalue weighted by molar-refractivity contribution is 0.138. The van der Waals surface area contributed by atoms with E-state index in [1.807, 2.05) is 4.90 Å². The Balaban J connectivity index is 2.05. The Morgan fingerprint density at radius 2 is 2.50 bits per heavy atom. The zero-order chi connectivity index (χ0) is 8.55. The highest BCUT2D eigenvalue weighted by atomic mass is 16.3. The Morgan fingerprint density at radius 1 is 1.67 bits per heavy atom. The number of nitrogens with zero attached hydrogens (tertiary/aromatic N) is 1. The Labute approximate surface area is 71.5 Å². The number of carbonyl (C=O) groups excluding carboxylic acids is 1. The van der Waals surface area contributed by atoms with E-state index in [0.717, 1.165) is 25.8 Å². The van der Waals surface area contributed by atoms with E-state index in [-0.39, 0.29) is 18.7 Å². The van der Waals surface area contributed by atoms with E-state index >= 15 is 0 Å². The molecule has 2 rings (SSSR count). The van der Waals surface area contributed by atoms with Gasteiger partial charge in [0.25, 0.3) is 0 Å². The first-order valence-corrected chi connectivity index (χ1v) is 4.49. The van der Waals surface area contributed by atoms with E-state index in [9.17, 15) is 4.79 Å². The molecule has 2 aliphatic heterocycles. The fourth-order valence-electron chi connectivity index (χ4n) is 2.11. The summed E-state index contributed by atoms with van der Waals surface area (Å²) in [6, 6.07) is 0.371. The van der Waals surface area contributed by atoms with Gasteiger partial charge < -0.3 is 15.3 Å². The van der Waals surface area contributed by atoms with Crippen molar-refractivity contribution in [3.63, 3.8) is 0 Å². The molecule has 0 aromatic carbocycles. The number of rotatable bonds is 1. The molecule has 2 aliphatic rings. The summed E-state index contributed by atoms with van der Waals surface area (Å²) in [6.45, 7) is 0.949. The fourth-order valence-corrected chi connectivity index (χ4v) is 2.11. The molecule has 2 saturated heterocycles.